The Morgan fingerprint density at radius 2 is 2.14 bits per heavy atom. The second-order valence-corrected chi connectivity index (χ2v) is 3.51. The van der Waals surface area contributed by atoms with Gasteiger partial charge in [-0.1, -0.05) is 22.8 Å². The average molecular weight is 209 g/mol. The van der Waals surface area contributed by atoms with Gasteiger partial charge >= 0.3 is 0 Å². The average Bonchev–Trinajstić information content (AvgIpc) is 2.56. The molecule has 0 aliphatic carbocycles. The van der Waals surface area contributed by atoms with Crippen molar-refractivity contribution in [3.8, 4) is 11.3 Å². The summed E-state index contributed by atoms with van der Waals surface area (Å²) >= 11 is 5.88. The van der Waals surface area contributed by atoms with Crippen molar-refractivity contribution in [1.82, 2.24) is 5.16 Å². The van der Waals surface area contributed by atoms with E-state index in [9.17, 15) is 0 Å². The van der Waals surface area contributed by atoms with Gasteiger partial charge in [0.05, 0.1) is 0 Å². The van der Waals surface area contributed by atoms with Crippen molar-refractivity contribution in [3.63, 3.8) is 0 Å². The van der Waals surface area contributed by atoms with Gasteiger partial charge < -0.3 is 10.3 Å². The van der Waals surface area contributed by atoms with Crippen LogP contribution in [-0.4, -0.2) is 5.16 Å². The molecule has 3 nitrogen and oxygen atoms in total. The number of hydrogen-bond acceptors (Lipinski definition) is 3. The molecule has 0 aliphatic heterocycles. The Morgan fingerprint density at radius 3 is 2.79 bits per heavy atom. The van der Waals surface area contributed by atoms with E-state index < -0.39 is 0 Å². The lowest BCUT2D eigenvalue weighted by atomic mass is 10.1. The summed E-state index contributed by atoms with van der Waals surface area (Å²) < 4.78 is 5.05. The predicted octanol–water partition coefficient (Wildman–Crippen LogP) is 2.89. The molecule has 0 fully saturated rings. The van der Waals surface area contributed by atoms with E-state index in [0.717, 1.165) is 11.1 Å². The van der Waals surface area contributed by atoms with Crippen LogP contribution in [0.4, 0.5) is 5.82 Å². The van der Waals surface area contributed by atoms with Gasteiger partial charge in [-0.05, 0) is 24.6 Å². The van der Waals surface area contributed by atoms with E-state index in [1.54, 1.807) is 6.07 Å². The third kappa shape index (κ3) is 1.59. The lowest BCUT2D eigenvalue weighted by Crippen LogP contribution is -1.81. The van der Waals surface area contributed by atoms with Crippen molar-refractivity contribution in [2.24, 2.45) is 0 Å². The minimum atomic E-state index is 0.374. The van der Waals surface area contributed by atoms with Gasteiger partial charge in [0.2, 0.25) is 0 Å². The SMILES string of the molecule is Cc1ccc(Cl)cc1-c1cc(N)no1. The van der Waals surface area contributed by atoms with E-state index in [1.807, 2.05) is 25.1 Å². The van der Waals surface area contributed by atoms with Crippen molar-refractivity contribution in [2.45, 2.75) is 6.92 Å². The van der Waals surface area contributed by atoms with Crippen LogP contribution in [0.1, 0.15) is 5.56 Å². The molecule has 0 aliphatic rings. The number of benzene rings is 1. The van der Waals surface area contributed by atoms with Crippen molar-refractivity contribution in [2.75, 3.05) is 5.73 Å². The normalized spacial score (nSPS) is 10.4. The van der Waals surface area contributed by atoms with Gasteiger partial charge in [-0.2, -0.15) is 0 Å². The molecule has 14 heavy (non-hydrogen) atoms. The van der Waals surface area contributed by atoms with Crippen molar-refractivity contribution in [1.29, 1.82) is 0 Å². The number of nitrogens with zero attached hydrogens (tertiary/aromatic N) is 1. The van der Waals surface area contributed by atoms with Crippen LogP contribution in [0.25, 0.3) is 11.3 Å². The van der Waals surface area contributed by atoms with Crippen molar-refractivity contribution >= 4 is 17.4 Å². The number of halogens is 1. The van der Waals surface area contributed by atoms with E-state index in [4.69, 9.17) is 21.9 Å². The summed E-state index contributed by atoms with van der Waals surface area (Å²) in [5.41, 5.74) is 7.46. The van der Waals surface area contributed by atoms with Gasteiger partial charge in [0.25, 0.3) is 0 Å². The van der Waals surface area contributed by atoms with Crippen molar-refractivity contribution in [3.05, 3.63) is 34.9 Å². The maximum atomic E-state index is 5.88. The molecule has 0 amide bonds. The Hall–Kier alpha value is -1.48. The van der Waals surface area contributed by atoms with Crippen LogP contribution in [0.5, 0.6) is 0 Å². The van der Waals surface area contributed by atoms with Gasteiger partial charge in [-0.15, -0.1) is 0 Å². The third-order valence-corrected chi connectivity index (χ3v) is 2.23. The van der Waals surface area contributed by atoms with Crippen LogP contribution in [0.3, 0.4) is 0 Å². The first-order chi connectivity index (χ1) is 6.66. The highest BCUT2D eigenvalue weighted by Gasteiger charge is 2.07. The van der Waals surface area contributed by atoms with E-state index in [2.05, 4.69) is 5.16 Å². The maximum Gasteiger partial charge on any atom is 0.169 e. The van der Waals surface area contributed by atoms with E-state index in [1.165, 1.54) is 0 Å². The molecule has 0 spiro atoms. The summed E-state index contributed by atoms with van der Waals surface area (Å²) in [4.78, 5) is 0. The number of hydrogen-bond donors (Lipinski definition) is 1. The zero-order valence-electron chi connectivity index (χ0n) is 7.62. The lowest BCUT2D eigenvalue weighted by Gasteiger charge is -2.00. The smallest absolute Gasteiger partial charge is 0.169 e. The van der Waals surface area contributed by atoms with Gasteiger partial charge in [-0.3, -0.25) is 0 Å². The zero-order chi connectivity index (χ0) is 10.1. The number of nitrogen functional groups attached to an aromatic ring is 1. The molecule has 0 saturated heterocycles. The fourth-order valence-electron chi connectivity index (χ4n) is 1.28. The minimum absolute atomic E-state index is 0.374. The predicted molar refractivity (Wildman–Crippen MR) is 56.1 cm³/mol. The molecule has 0 radical (unpaired) electrons. The number of nitrogens with two attached hydrogens (primary N) is 1. The van der Waals surface area contributed by atoms with Gasteiger partial charge in [0, 0.05) is 16.7 Å². The van der Waals surface area contributed by atoms with Crippen LogP contribution < -0.4 is 5.73 Å². The van der Waals surface area contributed by atoms with E-state index in [0.29, 0.717) is 16.6 Å². The van der Waals surface area contributed by atoms with Crippen LogP contribution in [0, 0.1) is 6.92 Å². The van der Waals surface area contributed by atoms with E-state index >= 15 is 0 Å². The highest BCUT2D eigenvalue weighted by Crippen LogP contribution is 2.27. The number of aryl methyl sites for hydroxylation is 1. The maximum absolute atomic E-state index is 5.88. The monoisotopic (exact) mass is 208 g/mol. The molecule has 0 saturated carbocycles. The molecule has 4 heteroatoms. The first kappa shape index (κ1) is 9.09. The van der Waals surface area contributed by atoms with Crippen molar-refractivity contribution < 1.29 is 4.52 Å². The minimum Gasteiger partial charge on any atom is -0.381 e. The summed E-state index contributed by atoms with van der Waals surface area (Å²) in [6, 6.07) is 7.27. The molecule has 2 aromatic rings. The van der Waals surface area contributed by atoms with Gasteiger partial charge in [0.1, 0.15) is 0 Å². The Kier molecular flexibility index (Phi) is 2.17. The summed E-state index contributed by atoms with van der Waals surface area (Å²) in [7, 11) is 0. The highest BCUT2D eigenvalue weighted by atomic mass is 35.5. The Bertz CT molecular complexity index is 465. The first-order valence-electron chi connectivity index (χ1n) is 4.15. The molecule has 0 atom stereocenters. The van der Waals surface area contributed by atoms with E-state index in [-0.39, 0.29) is 0 Å². The summed E-state index contributed by atoms with van der Waals surface area (Å²) in [6.45, 7) is 1.98. The van der Waals surface area contributed by atoms with Gasteiger partial charge in [-0.25, -0.2) is 0 Å². The van der Waals surface area contributed by atoms with Gasteiger partial charge in [0.15, 0.2) is 11.6 Å². The molecule has 2 rings (SSSR count). The fraction of sp³-hybridized carbons (Fsp3) is 0.100. The Labute approximate surface area is 86.5 Å². The molecule has 0 unspecified atom stereocenters. The third-order valence-electron chi connectivity index (χ3n) is 1.99. The number of aromatic nitrogens is 1. The molecular weight excluding hydrogens is 200 g/mol. The molecule has 1 aromatic carbocycles. The van der Waals surface area contributed by atoms with Crippen LogP contribution in [0.15, 0.2) is 28.8 Å². The molecule has 1 heterocycles. The topological polar surface area (TPSA) is 52.0 Å². The second-order valence-electron chi connectivity index (χ2n) is 3.08. The second kappa shape index (κ2) is 3.35. The van der Waals surface area contributed by atoms with Crippen LogP contribution >= 0.6 is 11.6 Å². The summed E-state index contributed by atoms with van der Waals surface area (Å²) in [6.07, 6.45) is 0. The fourth-order valence-corrected chi connectivity index (χ4v) is 1.45. The first-order valence-corrected chi connectivity index (χ1v) is 4.53. The highest BCUT2D eigenvalue weighted by molar-refractivity contribution is 6.30. The molecule has 2 N–H and O–H groups in total. The zero-order valence-corrected chi connectivity index (χ0v) is 8.38. The largest absolute Gasteiger partial charge is 0.381 e. The molecule has 1 aromatic heterocycles. The Balaban J connectivity index is 2.55. The van der Waals surface area contributed by atoms with Crippen LogP contribution in [0.2, 0.25) is 5.02 Å². The lowest BCUT2D eigenvalue weighted by molar-refractivity contribution is 0.435. The molecule has 72 valence electrons. The number of rotatable bonds is 1. The Morgan fingerprint density at radius 1 is 1.36 bits per heavy atom. The molecular formula is C10H9ClN2O. The van der Waals surface area contributed by atoms with Crippen LogP contribution in [-0.2, 0) is 0 Å². The standard InChI is InChI=1S/C10H9ClN2O/c1-6-2-3-7(11)4-8(6)9-5-10(12)13-14-9/h2-5H,1H3,(H2,12,13). The number of anilines is 1. The summed E-state index contributed by atoms with van der Waals surface area (Å²) in [5.74, 6) is 1.02. The summed E-state index contributed by atoms with van der Waals surface area (Å²) in [5, 5.41) is 4.29. The quantitative estimate of drug-likeness (QED) is 0.784. The molecule has 0 bridgehead atoms.